The quantitative estimate of drug-likeness (QED) is 0.863. The molecule has 1 aromatic rings. The van der Waals surface area contributed by atoms with Crippen LogP contribution in [0.5, 0.6) is 5.75 Å². The summed E-state index contributed by atoms with van der Waals surface area (Å²) in [6.45, 7) is 1.53. The molecule has 17 heavy (non-hydrogen) atoms. The van der Waals surface area contributed by atoms with Gasteiger partial charge in [0.05, 0.1) is 5.02 Å². The maximum Gasteiger partial charge on any atom is 0.321 e. The molecule has 0 saturated heterocycles. The Hall–Kier alpha value is -1.75. The zero-order valence-corrected chi connectivity index (χ0v) is 10.2. The number of hydrogen-bond acceptors (Lipinski definition) is 3. The van der Waals surface area contributed by atoms with Gasteiger partial charge < -0.3 is 10.1 Å². The average Bonchev–Trinajstić information content (AvgIpc) is 2.31. The molecule has 6 heteroatoms. The molecule has 0 saturated carbocycles. The van der Waals surface area contributed by atoms with Crippen molar-refractivity contribution in [1.82, 2.24) is 10.6 Å². The van der Waals surface area contributed by atoms with E-state index < -0.39 is 18.0 Å². The molecule has 0 radical (unpaired) electrons. The van der Waals surface area contributed by atoms with E-state index in [0.717, 1.165) is 0 Å². The number of urea groups is 1. The molecule has 0 aliphatic rings. The molecule has 5 nitrogen and oxygen atoms in total. The van der Waals surface area contributed by atoms with Crippen LogP contribution in [0, 0.1) is 0 Å². The van der Waals surface area contributed by atoms with Gasteiger partial charge in [-0.05, 0) is 19.1 Å². The molecule has 0 aliphatic carbocycles. The van der Waals surface area contributed by atoms with Crippen molar-refractivity contribution in [2.75, 3.05) is 7.05 Å². The third-order valence-corrected chi connectivity index (χ3v) is 2.29. The minimum atomic E-state index is -0.813. The summed E-state index contributed by atoms with van der Waals surface area (Å²) in [6, 6.07) is 6.21. The Bertz CT molecular complexity index is 423. The lowest BCUT2D eigenvalue weighted by Gasteiger charge is -2.14. The normalized spacial score (nSPS) is 11.5. The number of halogens is 1. The summed E-state index contributed by atoms with van der Waals surface area (Å²) in [4.78, 5) is 22.4. The fourth-order valence-corrected chi connectivity index (χ4v) is 1.24. The maximum absolute atomic E-state index is 11.5. The van der Waals surface area contributed by atoms with Gasteiger partial charge in [0.2, 0.25) is 0 Å². The molecule has 0 heterocycles. The first kappa shape index (κ1) is 13.3. The Balaban J connectivity index is 2.60. The molecule has 1 aromatic carbocycles. The Labute approximate surface area is 104 Å². The van der Waals surface area contributed by atoms with Crippen molar-refractivity contribution in [3.05, 3.63) is 29.3 Å². The highest BCUT2D eigenvalue weighted by atomic mass is 35.5. The number of para-hydroxylation sites is 1. The Morgan fingerprint density at radius 1 is 1.35 bits per heavy atom. The van der Waals surface area contributed by atoms with Crippen LogP contribution in [-0.2, 0) is 4.79 Å². The molecule has 0 spiro atoms. The maximum atomic E-state index is 11.5. The molecule has 0 aromatic heterocycles. The van der Waals surface area contributed by atoms with E-state index in [1.165, 1.54) is 14.0 Å². The molecule has 1 rings (SSSR count). The fraction of sp³-hybridized carbons (Fsp3) is 0.273. The second-order valence-corrected chi connectivity index (χ2v) is 3.67. The van der Waals surface area contributed by atoms with Crippen molar-refractivity contribution < 1.29 is 14.3 Å². The van der Waals surface area contributed by atoms with Crippen molar-refractivity contribution >= 4 is 23.5 Å². The number of imide groups is 1. The summed E-state index contributed by atoms with van der Waals surface area (Å²) in [5.74, 6) is -0.141. The number of carbonyl (C=O) groups excluding carboxylic acids is 2. The second kappa shape index (κ2) is 6.10. The Morgan fingerprint density at radius 3 is 2.59 bits per heavy atom. The van der Waals surface area contributed by atoms with E-state index >= 15 is 0 Å². The standard InChI is InChI=1S/C11H13ClN2O3/c1-7(10(15)14-11(16)13-2)17-9-6-4-3-5-8(9)12/h3-7H,1-2H3,(H2,13,14,15,16). The molecule has 0 bridgehead atoms. The average molecular weight is 257 g/mol. The first-order valence-corrected chi connectivity index (χ1v) is 5.36. The molecular formula is C11H13ClN2O3. The number of nitrogens with one attached hydrogen (secondary N) is 2. The SMILES string of the molecule is CNC(=O)NC(=O)C(C)Oc1ccccc1Cl. The van der Waals surface area contributed by atoms with E-state index in [2.05, 4.69) is 10.6 Å². The van der Waals surface area contributed by atoms with Gasteiger partial charge in [-0.2, -0.15) is 0 Å². The molecule has 1 unspecified atom stereocenters. The van der Waals surface area contributed by atoms with E-state index in [0.29, 0.717) is 10.8 Å². The number of carbonyl (C=O) groups is 2. The van der Waals surface area contributed by atoms with E-state index in [1.807, 2.05) is 0 Å². The van der Waals surface area contributed by atoms with Gasteiger partial charge in [-0.1, -0.05) is 23.7 Å². The number of benzene rings is 1. The van der Waals surface area contributed by atoms with Crippen LogP contribution < -0.4 is 15.4 Å². The highest BCUT2D eigenvalue weighted by Gasteiger charge is 2.17. The van der Waals surface area contributed by atoms with Gasteiger partial charge in [0.15, 0.2) is 6.10 Å². The van der Waals surface area contributed by atoms with Crippen LogP contribution in [0.4, 0.5) is 4.79 Å². The van der Waals surface area contributed by atoms with Gasteiger partial charge in [0.1, 0.15) is 5.75 Å². The molecule has 2 N–H and O–H groups in total. The van der Waals surface area contributed by atoms with Crippen LogP contribution in [0.1, 0.15) is 6.92 Å². The van der Waals surface area contributed by atoms with Crippen molar-refractivity contribution in [2.45, 2.75) is 13.0 Å². The number of hydrogen-bond donors (Lipinski definition) is 2. The predicted octanol–water partition coefficient (Wildman–Crippen LogP) is 1.56. The smallest absolute Gasteiger partial charge is 0.321 e. The lowest BCUT2D eigenvalue weighted by atomic mass is 10.3. The first-order chi connectivity index (χ1) is 8.04. The van der Waals surface area contributed by atoms with Crippen LogP contribution in [0.3, 0.4) is 0 Å². The summed E-state index contributed by atoms with van der Waals surface area (Å²) in [5, 5.41) is 4.79. The highest BCUT2D eigenvalue weighted by molar-refractivity contribution is 6.32. The summed E-state index contributed by atoms with van der Waals surface area (Å²) < 4.78 is 5.33. The van der Waals surface area contributed by atoms with Gasteiger partial charge in [-0.15, -0.1) is 0 Å². The summed E-state index contributed by atoms with van der Waals surface area (Å²) in [6.07, 6.45) is -0.813. The summed E-state index contributed by atoms with van der Waals surface area (Å²) in [5.41, 5.74) is 0. The summed E-state index contributed by atoms with van der Waals surface area (Å²) >= 11 is 5.87. The lowest BCUT2D eigenvalue weighted by molar-refractivity contribution is -0.126. The topological polar surface area (TPSA) is 67.4 Å². The van der Waals surface area contributed by atoms with E-state index in [4.69, 9.17) is 16.3 Å². The zero-order valence-electron chi connectivity index (χ0n) is 9.49. The van der Waals surface area contributed by atoms with Gasteiger partial charge in [0.25, 0.3) is 5.91 Å². The van der Waals surface area contributed by atoms with E-state index in [1.54, 1.807) is 24.3 Å². The zero-order chi connectivity index (χ0) is 12.8. The van der Waals surface area contributed by atoms with Crippen LogP contribution >= 0.6 is 11.6 Å². The molecular weight excluding hydrogens is 244 g/mol. The monoisotopic (exact) mass is 256 g/mol. The van der Waals surface area contributed by atoms with Gasteiger partial charge >= 0.3 is 6.03 Å². The summed E-state index contributed by atoms with van der Waals surface area (Å²) in [7, 11) is 1.42. The van der Waals surface area contributed by atoms with Crippen molar-refractivity contribution in [1.29, 1.82) is 0 Å². The fourth-order valence-electron chi connectivity index (χ4n) is 1.06. The van der Waals surface area contributed by atoms with Gasteiger partial charge in [-0.3, -0.25) is 10.1 Å². The first-order valence-electron chi connectivity index (χ1n) is 4.98. The molecule has 0 fully saturated rings. The molecule has 92 valence electrons. The lowest BCUT2D eigenvalue weighted by Crippen LogP contribution is -2.43. The van der Waals surface area contributed by atoms with E-state index in [9.17, 15) is 9.59 Å². The minimum Gasteiger partial charge on any atom is -0.479 e. The molecule has 3 amide bonds. The molecule has 1 atom stereocenters. The third-order valence-electron chi connectivity index (χ3n) is 1.97. The number of amides is 3. The van der Waals surface area contributed by atoms with Gasteiger partial charge in [0, 0.05) is 7.05 Å². The third kappa shape index (κ3) is 3.96. The van der Waals surface area contributed by atoms with Crippen LogP contribution in [0.2, 0.25) is 5.02 Å². The number of rotatable bonds is 3. The minimum absolute atomic E-state index is 0.397. The number of ether oxygens (including phenoxy) is 1. The Morgan fingerprint density at radius 2 is 2.00 bits per heavy atom. The van der Waals surface area contributed by atoms with Crippen LogP contribution in [-0.4, -0.2) is 25.1 Å². The van der Waals surface area contributed by atoms with Crippen molar-refractivity contribution in [3.8, 4) is 5.75 Å². The predicted molar refractivity (Wildman–Crippen MR) is 64.1 cm³/mol. The Kier molecular flexibility index (Phi) is 4.78. The highest BCUT2D eigenvalue weighted by Crippen LogP contribution is 2.24. The second-order valence-electron chi connectivity index (χ2n) is 3.26. The van der Waals surface area contributed by atoms with Crippen molar-refractivity contribution in [3.63, 3.8) is 0 Å². The van der Waals surface area contributed by atoms with Gasteiger partial charge in [-0.25, -0.2) is 4.79 Å². The van der Waals surface area contributed by atoms with E-state index in [-0.39, 0.29) is 0 Å². The van der Waals surface area contributed by atoms with Crippen LogP contribution in [0.15, 0.2) is 24.3 Å². The largest absolute Gasteiger partial charge is 0.479 e. The van der Waals surface area contributed by atoms with Crippen LogP contribution in [0.25, 0.3) is 0 Å². The van der Waals surface area contributed by atoms with Crippen molar-refractivity contribution in [2.24, 2.45) is 0 Å². The molecule has 0 aliphatic heterocycles.